The molecule has 0 spiro atoms. The fourth-order valence-electron chi connectivity index (χ4n) is 1.12. The molecule has 1 aromatic rings. The second-order valence-electron chi connectivity index (χ2n) is 2.64. The molecule has 0 N–H and O–H groups in total. The molecule has 0 aromatic carbocycles. The molecular formula is C8H11NO2S. The summed E-state index contributed by atoms with van der Waals surface area (Å²) in [5.41, 5.74) is 0. The highest BCUT2D eigenvalue weighted by Gasteiger charge is 2.15. The fraction of sp³-hybridized carbons (Fsp3) is 0.500. The maximum Gasteiger partial charge on any atom is 0.211 e. The van der Waals surface area contributed by atoms with E-state index in [0.29, 0.717) is 0 Å². The number of hydrogen-bond donors (Lipinski definition) is 0. The van der Waals surface area contributed by atoms with Gasteiger partial charge < -0.3 is 0 Å². The Morgan fingerprint density at radius 2 is 2.50 bits per heavy atom. The van der Waals surface area contributed by atoms with E-state index in [-0.39, 0.29) is 17.4 Å². The van der Waals surface area contributed by atoms with Gasteiger partial charge in [0.2, 0.25) is 6.54 Å². The van der Waals surface area contributed by atoms with E-state index in [1.54, 1.807) is 11.3 Å². The molecule has 1 heterocycles. The topological polar surface area (TPSA) is 43.1 Å². The molecule has 0 saturated heterocycles. The molecule has 0 amide bonds. The van der Waals surface area contributed by atoms with Crippen molar-refractivity contribution < 1.29 is 4.92 Å². The third kappa shape index (κ3) is 2.30. The zero-order chi connectivity index (χ0) is 8.97. The van der Waals surface area contributed by atoms with E-state index in [1.165, 1.54) is 0 Å². The predicted molar refractivity (Wildman–Crippen MR) is 49.2 cm³/mol. The van der Waals surface area contributed by atoms with E-state index in [0.717, 1.165) is 11.3 Å². The quantitative estimate of drug-likeness (QED) is 0.534. The molecule has 0 aliphatic rings. The lowest BCUT2D eigenvalue weighted by atomic mass is 10.1. The summed E-state index contributed by atoms with van der Waals surface area (Å²) >= 11 is 1.59. The number of hydrogen-bond acceptors (Lipinski definition) is 3. The average Bonchev–Trinajstić information content (AvgIpc) is 2.51. The highest BCUT2D eigenvalue weighted by Crippen LogP contribution is 2.23. The Morgan fingerprint density at radius 1 is 1.75 bits per heavy atom. The van der Waals surface area contributed by atoms with Crippen molar-refractivity contribution in [2.45, 2.75) is 19.3 Å². The van der Waals surface area contributed by atoms with Crippen LogP contribution >= 0.6 is 11.3 Å². The van der Waals surface area contributed by atoms with Crippen molar-refractivity contribution in [3.63, 3.8) is 0 Å². The second-order valence-corrected chi connectivity index (χ2v) is 3.62. The summed E-state index contributed by atoms with van der Waals surface area (Å²) in [5.74, 6) is 0.0972. The van der Waals surface area contributed by atoms with Crippen molar-refractivity contribution in [2.24, 2.45) is 0 Å². The average molecular weight is 185 g/mol. The van der Waals surface area contributed by atoms with Crippen LogP contribution < -0.4 is 0 Å². The minimum Gasteiger partial charge on any atom is -0.265 e. The molecule has 1 aromatic heterocycles. The van der Waals surface area contributed by atoms with Crippen molar-refractivity contribution in [3.8, 4) is 0 Å². The van der Waals surface area contributed by atoms with Gasteiger partial charge in [-0.15, -0.1) is 11.3 Å². The Kier molecular flexibility index (Phi) is 3.22. The lowest BCUT2D eigenvalue weighted by molar-refractivity contribution is -0.483. The maximum absolute atomic E-state index is 10.3. The number of rotatable bonds is 4. The molecule has 4 heteroatoms. The summed E-state index contributed by atoms with van der Waals surface area (Å²) in [4.78, 5) is 11.2. The summed E-state index contributed by atoms with van der Waals surface area (Å²) in [6, 6.07) is 3.89. The van der Waals surface area contributed by atoms with Gasteiger partial charge in [-0.2, -0.15) is 0 Å². The molecule has 0 radical (unpaired) electrons. The van der Waals surface area contributed by atoms with Gasteiger partial charge in [-0.25, -0.2) is 0 Å². The molecule has 1 atom stereocenters. The number of nitro groups is 1. The smallest absolute Gasteiger partial charge is 0.211 e. The van der Waals surface area contributed by atoms with Gasteiger partial charge in [-0.3, -0.25) is 10.1 Å². The highest BCUT2D eigenvalue weighted by molar-refractivity contribution is 7.10. The lowest BCUT2D eigenvalue weighted by Gasteiger charge is -2.06. The molecule has 66 valence electrons. The minimum absolute atomic E-state index is 0.0526. The minimum atomic E-state index is -0.242. The molecular weight excluding hydrogens is 174 g/mol. The van der Waals surface area contributed by atoms with Crippen molar-refractivity contribution in [1.29, 1.82) is 0 Å². The molecule has 0 unspecified atom stereocenters. The monoisotopic (exact) mass is 185 g/mol. The molecule has 0 aliphatic carbocycles. The van der Waals surface area contributed by atoms with Gasteiger partial charge in [0, 0.05) is 9.80 Å². The maximum atomic E-state index is 10.3. The Labute approximate surface area is 75.2 Å². The first-order chi connectivity index (χ1) is 5.74. The molecule has 0 fully saturated rings. The van der Waals surface area contributed by atoms with Crippen LogP contribution in [0.5, 0.6) is 0 Å². The summed E-state index contributed by atoms with van der Waals surface area (Å²) < 4.78 is 0. The van der Waals surface area contributed by atoms with Crippen molar-refractivity contribution in [1.82, 2.24) is 0 Å². The molecule has 12 heavy (non-hydrogen) atoms. The third-order valence-electron chi connectivity index (χ3n) is 1.81. The van der Waals surface area contributed by atoms with Gasteiger partial charge in [-0.05, 0) is 17.9 Å². The largest absolute Gasteiger partial charge is 0.265 e. The number of nitrogens with zero attached hydrogens (tertiary/aromatic N) is 1. The Balaban J connectivity index is 2.63. The summed E-state index contributed by atoms with van der Waals surface area (Å²) in [7, 11) is 0. The SMILES string of the molecule is CC[C@@H](C[N+](=O)[O-])c1cccs1. The van der Waals surface area contributed by atoms with Crippen LogP contribution in [-0.2, 0) is 0 Å². The molecule has 1 rings (SSSR count). The summed E-state index contributed by atoms with van der Waals surface area (Å²) in [5, 5.41) is 12.2. The van der Waals surface area contributed by atoms with E-state index < -0.39 is 0 Å². The van der Waals surface area contributed by atoms with E-state index in [9.17, 15) is 10.1 Å². The van der Waals surface area contributed by atoms with Gasteiger partial charge in [-0.1, -0.05) is 13.0 Å². The van der Waals surface area contributed by atoms with Gasteiger partial charge in [0.15, 0.2) is 0 Å². The van der Waals surface area contributed by atoms with Crippen LogP contribution in [0.4, 0.5) is 0 Å². The lowest BCUT2D eigenvalue weighted by Crippen LogP contribution is -2.10. The standard InChI is InChI=1S/C8H11NO2S/c1-2-7(6-9(10)11)8-4-3-5-12-8/h3-5,7H,2,6H2,1H3/t7-/m0/s1. The number of thiophene rings is 1. The normalized spacial score (nSPS) is 12.8. The van der Waals surface area contributed by atoms with Crippen LogP contribution in [-0.4, -0.2) is 11.5 Å². The van der Waals surface area contributed by atoms with Crippen LogP contribution in [0.15, 0.2) is 17.5 Å². The summed E-state index contributed by atoms with van der Waals surface area (Å²) in [6.07, 6.45) is 0.835. The highest BCUT2D eigenvalue weighted by atomic mass is 32.1. The van der Waals surface area contributed by atoms with E-state index in [4.69, 9.17) is 0 Å². The van der Waals surface area contributed by atoms with Crippen LogP contribution in [0.3, 0.4) is 0 Å². The Bertz CT molecular complexity index is 246. The fourth-order valence-corrected chi connectivity index (χ4v) is 2.03. The first-order valence-electron chi connectivity index (χ1n) is 3.89. The van der Waals surface area contributed by atoms with Crippen LogP contribution in [0.25, 0.3) is 0 Å². The zero-order valence-corrected chi connectivity index (χ0v) is 7.71. The van der Waals surface area contributed by atoms with Gasteiger partial charge in [0.05, 0.1) is 5.92 Å². The Hall–Kier alpha value is -0.900. The van der Waals surface area contributed by atoms with Crippen LogP contribution in [0.1, 0.15) is 24.1 Å². The van der Waals surface area contributed by atoms with E-state index in [2.05, 4.69) is 0 Å². The zero-order valence-electron chi connectivity index (χ0n) is 6.90. The van der Waals surface area contributed by atoms with Gasteiger partial charge in [0.25, 0.3) is 0 Å². The molecule has 0 saturated carbocycles. The Morgan fingerprint density at radius 3 is 2.92 bits per heavy atom. The molecule has 3 nitrogen and oxygen atoms in total. The second kappa shape index (κ2) is 4.21. The third-order valence-corrected chi connectivity index (χ3v) is 2.84. The van der Waals surface area contributed by atoms with Crippen LogP contribution in [0, 0.1) is 10.1 Å². The van der Waals surface area contributed by atoms with Gasteiger partial charge in [0.1, 0.15) is 0 Å². The van der Waals surface area contributed by atoms with Crippen LogP contribution in [0.2, 0.25) is 0 Å². The van der Waals surface area contributed by atoms with Gasteiger partial charge >= 0.3 is 0 Å². The summed E-state index contributed by atoms with van der Waals surface area (Å²) in [6.45, 7) is 2.03. The van der Waals surface area contributed by atoms with E-state index >= 15 is 0 Å². The first kappa shape index (κ1) is 9.19. The van der Waals surface area contributed by atoms with Crippen molar-refractivity contribution >= 4 is 11.3 Å². The first-order valence-corrected chi connectivity index (χ1v) is 4.77. The molecule has 0 bridgehead atoms. The molecule has 0 aliphatic heterocycles. The predicted octanol–water partition coefficient (Wildman–Crippen LogP) is 2.52. The van der Waals surface area contributed by atoms with E-state index in [1.807, 2.05) is 24.4 Å². The van der Waals surface area contributed by atoms with Crippen molar-refractivity contribution in [2.75, 3.05) is 6.54 Å². The van der Waals surface area contributed by atoms with Crippen molar-refractivity contribution in [3.05, 3.63) is 32.5 Å².